The molecule has 2 aromatic carbocycles. The van der Waals surface area contributed by atoms with Crippen LogP contribution in [0.4, 0.5) is 5.69 Å². The molecule has 0 amide bonds. The predicted molar refractivity (Wildman–Crippen MR) is 89.4 cm³/mol. The van der Waals surface area contributed by atoms with E-state index < -0.39 is 0 Å². The monoisotopic (exact) mass is 327 g/mol. The van der Waals surface area contributed by atoms with Gasteiger partial charge in [-0.2, -0.15) is 0 Å². The summed E-state index contributed by atoms with van der Waals surface area (Å²) in [7, 11) is 0. The van der Waals surface area contributed by atoms with Gasteiger partial charge in [0.05, 0.1) is 20.8 Å². The summed E-state index contributed by atoms with van der Waals surface area (Å²) in [6.45, 7) is 6.28. The van der Waals surface area contributed by atoms with Gasteiger partial charge in [0.15, 0.2) is 0 Å². The molecule has 20 heavy (non-hydrogen) atoms. The SMILES string of the molecule is Cc1cc(C)cc(C(C)Nc2cc(Cl)c(Cl)cc2Cl)c1. The van der Waals surface area contributed by atoms with Gasteiger partial charge in [-0.1, -0.05) is 64.1 Å². The van der Waals surface area contributed by atoms with Gasteiger partial charge in [0.1, 0.15) is 0 Å². The Morgan fingerprint density at radius 1 is 0.800 bits per heavy atom. The van der Waals surface area contributed by atoms with Crippen LogP contribution in [0.3, 0.4) is 0 Å². The van der Waals surface area contributed by atoms with Crippen molar-refractivity contribution in [1.29, 1.82) is 0 Å². The Bertz CT molecular complexity index is 618. The lowest BCUT2D eigenvalue weighted by Gasteiger charge is -2.18. The number of nitrogens with one attached hydrogen (secondary N) is 1. The lowest BCUT2D eigenvalue weighted by Crippen LogP contribution is -2.07. The lowest BCUT2D eigenvalue weighted by molar-refractivity contribution is 0.881. The first-order chi connectivity index (χ1) is 9.36. The molecule has 4 heteroatoms. The van der Waals surface area contributed by atoms with Gasteiger partial charge in [-0.25, -0.2) is 0 Å². The van der Waals surface area contributed by atoms with Crippen molar-refractivity contribution in [2.24, 2.45) is 0 Å². The Morgan fingerprint density at radius 3 is 1.95 bits per heavy atom. The highest BCUT2D eigenvalue weighted by Gasteiger charge is 2.11. The number of hydrogen-bond acceptors (Lipinski definition) is 1. The molecule has 0 aliphatic heterocycles. The van der Waals surface area contributed by atoms with Crippen molar-refractivity contribution in [1.82, 2.24) is 0 Å². The second-order valence-corrected chi connectivity index (χ2v) is 6.25. The van der Waals surface area contributed by atoms with Crippen LogP contribution < -0.4 is 5.32 Å². The molecule has 2 aromatic rings. The van der Waals surface area contributed by atoms with Crippen LogP contribution in [-0.2, 0) is 0 Å². The van der Waals surface area contributed by atoms with Crippen LogP contribution in [0.15, 0.2) is 30.3 Å². The zero-order chi connectivity index (χ0) is 14.9. The van der Waals surface area contributed by atoms with E-state index >= 15 is 0 Å². The third kappa shape index (κ3) is 3.60. The van der Waals surface area contributed by atoms with Crippen molar-refractivity contribution in [3.63, 3.8) is 0 Å². The molecule has 1 atom stereocenters. The molecular weight excluding hydrogens is 313 g/mol. The minimum atomic E-state index is 0.128. The molecule has 0 aliphatic rings. The summed E-state index contributed by atoms with van der Waals surface area (Å²) in [5, 5.41) is 4.89. The van der Waals surface area contributed by atoms with Gasteiger partial charge in [0.25, 0.3) is 0 Å². The molecule has 0 saturated carbocycles. The average Bonchev–Trinajstić information content (AvgIpc) is 2.34. The molecular formula is C16H16Cl3N. The molecule has 1 unspecified atom stereocenters. The smallest absolute Gasteiger partial charge is 0.0653 e. The first kappa shape index (κ1) is 15.5. The molecule has 0 spiro atoms. The van der Waals surface area contributed by atoms with Crippen LogP contribution in [0.2, 0.25) is 15.1 Å². The first-order valence-electron chi connectivity index (χ1n) is 6.36. The van der Waals surface area contributed by atoms with E-state index in [2.05, 4.69) is 44.3 Å². The molecule has 2 rings (SSSR count). The van der Waals surface area contributed by atoms with Gasteiger partial charge >= 0.3 is 0 Å². The Balaban J connectivity index is 2.27. The quantitative estimate of drug-likeness (QED) is 0.639. The Kier molecular flexibility index (Phi) is 4.85. The summed E-state index contributed by atoms with van der Waals surface area (Å²) < 4.78 is 0. The van der Waals surface area contributed by atoms with Crippen LogP contribution in [0.1, 0.15) is 29.7 Å². The highest BCUT2D eigenvalue weighted by atomic mass is 35.5. The Morgan fingerprint density at radius 2 is 1.35 bits per heavy atom. The molecule has 0 saturated heterocycles. The maximum absolute atomic E-state index is 6.19. The summed E-state index contributed by atoms with van der Waals surface area (Å²) in [5.41, 5.74) is 4.49. The highest BCUT2D eigenvalue weighted by molar-refractivity contribution is 6.44. The molecule has 1 nitrogen and oxygen atoms in total. The number of hydrogen-bond donors (Lipinski definition) is 1. The van der Waals surface area contributed by atoms with Crippen molar-refractivity contribution >= 4 is 40.5 Å². The molecule has 1 N–H and O–H groups in total. The molecule has 0 aliphatic carbocycles. The van der Waals surface area contributed by atoms with Gasteiger partial charge < -0.3 is 5.32 Å². The predicted octanol–water partition coefficient (Wildman–Crippen LogP) is 6.44. The fourth-order valence-corrected chi connectivity index (χ4v) is 2.81. The summed E-state index contributed by atoms with van der Waals surface area (Å²) in [6.07, 6.45) is 0. The van der Waals surface area contributed by atoms with Crippen LogP contribution in [0.5, 0.6) is 0 Å². The van der Waals surface area contributed by atoms with Crippen molar-refractivity contribution in [3.05, 3.63) is 62.1 Å². The number of rotatable bonds is 3. The van der Waals surface area contributed by atoms with Crippen LogP contribution in [-0.4, -0.2) is 0 Å². The average molecular weight is 329 g/mol. The summed E-state index contributed by atoms with van der Waals surface area (Å²) >= 11 is 18.2. The van der Waals surface area contributed by atoms with E-state index in [0.717, 1.165) is 5.69 Å². The fraction of sp³-hybridized carbons (Fsp3) is 0.250. The second-order valence-electron chi connectivity index (χ2n) is 5.03. The number of halogens is 3. The largest absolute Gasteiger partial charge is 0.377 e. The van der Waals surface area contributed by atoms with E-state index in [1.165, 1.54) is 16.7 Å². The zero-order valence-electron chi connectivity index (χ0n) is 11.6. The van der Waals surface area contributed by atoms with Crippen LogP contribution >= 0.6 is 34.8 Å². The topological polar surface area (TPSA) is 12.0 Å². The number of benzene rings is 2. The molecule has 0 radical (unpaired) electrons. The van der Waals surface area contributed by atoms with Gasteiger partial charge in [0, 0.05) is 6.04 Å². The van der Waals surface area contributed by atoms with E-state index in [1.54, 1.807) is 12.1 Å². The normalized spacial score (nSPS) is 12.3. The van der Waals surface area contributed by atoms with Gasteiger partial charge in [-0.15, -0.1) is 0 Å². The molecule has 106 valence electrons. The number of anilines is 1. The second kappa shape index (κ2) is 6.26. The van der Waals surface area contributed by atoms with Gasteiger partial charge in [-0.05, 0) is 38.5 Å². The molecule has 0 bridgehead atoms. The van der Waals surface area contributed by atoms with Crippen molar-refractivity contribution in [2.45, 2.75) is 26.8 Å². The Hall–Kier alpha value is -0.890. The standard InChI is InChI=1S/C16H16Cl3N/c1-9-4-10(2)6-12(5-9)11(3)20-16-8-14(18)13(17)7-15(16)19/h4-8,11,20H,1-3H3. The lowest BCUT2D eigenvalue weighted by atomic mass is 10.0. The summed E-state index contributed by atoms with van der Waals surface area (Å²) in [5.74, 6) is 0. The number of aryl methyl sites for hydroxylation is 2. The van der Waals surface area contributed by atoms with E-state index in [0.29, 0.717) is 15.1 Å². The van der Waals surface area contributed by atoms with Crippen LogP contribution in [0.25, 0.3) is 0 Å². The fourth-order valence-electron chi connectivity index (χ4n) is 2.21. The molecule has 0 aromatic heterocycles. The molecule has 0 heterocycles. The third-order valence-electron chi connectivity index (χ3n) is 3.13. The minimum Gasteiger partial charge on any atom is -0.377 e. The van der Waals surface area contributed by atoms with E-state index in [-0.39, 0.29) is 6.04 Å². The first-order valence-corrected chi connectivity index (χ1v) is 7.49. The van der Waals surface area contributed by atoms with E-state index in [9.17, 15) is 0 Å². The maximum atomic E-state index is 6.19. The van der Waals surface area contributed by atoms with Crippen molar-refractivity contribution in [3.8, 4) is 0 Å². The van der Waals surface area contributed by atoms with Crippen molar-refractivity contribution < 1.29 is 0 Å². The zero-order valence-corrected chi connectivity index (χ0v) is 13.9. The summed E-state index contributed by atoms with van der Waals surface area (Å²) in [6, 6.07) is 10.0. The minimum absolute atomic E-state index is 0.128. The summed E-state index contributed by atoms with van der Waals surface area (Å²) in [4.78, 5) is 0. The highest BCUT2D eigenvalue weighted by Crippen LogP contribution is 2.34. The Labute approximate surface area is 134 Å². The van der Waals surface area contributed by atoms with E-state index in [1.807, 2.05) is 0 Å². The van der Waals surface area contributed by atoms with Gasteiger partial charge in [0.2, 0.25) is 0 Å². The van der Waals surface area contributed by atoms with Crippen LogP contribution in [0, 0.1) is 13.8 Å². The van der Waals surface area contributed by atoms with Crippen molar-refractivity contribution in [2.75, 3.05) is 5.32 Å². The molecule has 0 fully saturated rings. The third-order valence-corrected chi connectivity index (χ3v) is 4.16. The maximum Gasteiger partial charge on any atom is 0.0653 e. The van der Waals surface area contributed by atoms with Gasteiger partial charge in [-0.3, -0.25) is 0 Å². The van der Waals surface area contributed by atoms with E-state index in [4.69, 9.17) is 34.8 Å².